The maximum atomic E-state index is 12.1. The first kappa shape index (κ1) is 15.1. The van der Waals surface area contributed by atoms with Gasteiger partial charge in [0, 0.05) is 29.6 Å². The van der Waals surface area contributed by atoms with Crippen molar-refractivity contribution in [3.05, 3.63) is 33.8 Å². The average Bonchev–Trinajstić information content (AvgIpc) is 2.78. The van der Waals surface area contributed by atoms with Gasteiger partial charge in [0.1, 0.15) is 6.04 Å². The van der Waals surface area contributed by atoms with E-state index in [4.69, 9.17) is 23.2 Å². The lowest BCUT2D eigenvalue weighted by atomic mass is 10.2. The minimum Gasteiger partial charge on any atom is -0.350 e. The quantitative estimate of drug-likeness (QED) is 0.928. The van der Waals surface area contributed by atoms with Crippen molar-refractivity contribution in [2.75, 3.05) is 6.54 Å². The first-order valence-corrected chi connectivity index (χ1v) is 7.29. The minimum atomic E-state index is -0.362. The topological polar surface area (TPSA) is 49.4 Å². The summed E-state index contributed by atoms with van der Waals surface area (Å²) in [6.45, 7) is 2.76. The number of nitrogens with one attached hydrogen (secondary N) is 1. The van der Waals surface area contributed by atoms with E-state index in [-0.39, 0.29) is 17.9 Å². The molecule has 1 N–H and O–H groups in total. The Labute approximate surface area is 128 Å². The zero-order chi connectivity index (χ0) is 14.7. The molecular weight excluding hydrogens is 299 g/mol. The predicted molar refractivity (Wildman–Crippen MR) is 78.7 cm³/mol. The number of likely N-dealkylation sites (tertiary alicyclic amines) is 1. The Balaban J connectivity index is 1.97. The summed E-state index contributed by atoms with van der Waals surface area (Å²) >= 11 is 11.9. The molecule has 20 heavy (non-hydrogen) atoms. The number of likely N-dealkylation sites (N-methyl/N-ethyl adjacent to an activating group) is 1. The predicted octanol–water partition coefficient (Wildman–Crippen LogP) is 2.62. The number of hydrogen-bond acceptors (Lipinski definition) is 2. The lowest BCUT2D eigenvalue weighted by molar-refractivity contribution is -0.135. The second kappa shape index (κ2) is 6.46. The van der Waals surface area contributed by atoms with Crippen LogP contribution in [0.15, 0.2) is 18.2 Å². The second-order valence-corrected chi connectivity index (χ2v) is 5.53. The van der Waals surface area contributed by atoms with E-state index in [0.29, 0.717) is 36.0 Å². The lowest BCUT2D eigenvalue weighted by Gasteiger charge is -2.22. The monoisotopic (exact) mass is 314 g/mol. The molecule has 0 aliphatic carbocycles. The first-order chi connectivity index (χ1) is 9.52. The minimum absolute atomic E-state index is 0.0391. The van der Waals surface area contributed by atoms with Crippen molar-refractivity contribution < 1.29 is 9.59 Å². The Morgan fingerprint density at radius 3 is 2.85 bits per heavy atom. The van der Waals surface area contributed by atoms with Gasteiger partial charge < -0.3 is 10.2 Å². The normalized spacial score (nSPS) is 18.4. The third kappa shape index (κ3) is 3.25. The Bertz CT molecular complexity index is 534. The van der Waals surface area contributed by atoms with Gasteiger partial charge in [0.15, 0.2) is 0 Å². The van der Waals surface area contributed by atoms with Gasteiger partial charge in [-0.1, -0.05) is 29.3 Å². The zero-order valence-electron chi connectivity index (χ0n) is 11.2. The molecule has 2 rings (SSSR count). The Kier molecular flexibility index (Phi) is 4.89. The van der Waals surface area contributed by atoms with Gasteiger partial charge in [0.05, 0.1) is 0 Å². The highest BCUT2D eigenvalue weighted by Gasteiger charge is 2.34. The van der Waals surface area contributed by atoms with Crippen LogP contribution in [0.4, 0.5) is 0 Å². The summed E-state index contributed by atoms with van der Waals surface area (Å²) in [6.07, 6.45) is 1.01. The fourth-order valence-corrected chi connectivity index (χ4v) is 2.84. The molecule has 1 atom stereocenters. The number of amides is 2. The lowest BCUT2D eigenvalue weighted by Crippen LogP contribution is -2.44. The third-order valence-corrected chi connectivity index (χ3v) is 4.03. The number of benzene rings is 1. The van der Waals surface area contributed by atoms with E-state index >= 15 is 0 Å². The number of carbonyl (C=O) groups is 2. The molecule has 1 heterocycles. The Morgan fingerprint density at radius 2 is 2.20 bits per heavy atom. The molecule has 0 unspecified atom stereocenters. The summed E-state index contributed by atoms with van der Waals surface area (Å²) in [5.41, 5.74) is 0.803. The van der Waals surface area contributed by atoms with Gasteiger partial charge in [0.2, 0.25) is 11.8 Å². The molecule has 0 radical (unpaired) electrons. The summed E-state index contributed by atoms with van der Waals surface area (Å²) in [5.74, 6) is -0.0964. The van der Waals surface area contributed by atoms with E-state index in [2.05, 4.69) is 5.32 Å². The summed E-state index contributed by atoms with van der Waals surface area (Å²) in [6, 6.07) is 4.79. The van der Waals surface area contributed by atoms with Crippen molar-refractivity contribution in [3.8, 4) is 0 Å². The van der Waals surface area contributed by atoms with Crippen LogP contribution in [0.25, 0.3) is 0 Å². The highest BCUT2D eigenvalue weighted by atomic mass is 35.5. The van der Waals surface area contributed by atoms with Crippen molar-refractivity contribution in [3.63, 3.8) is 0 Å². The highest BCUT2D eigenvalue weighted by Crippen LogP contribution is 2.22. The van der Waals surface area contributed by atoms with Crippen LogP contribution in [0.5, 0.6) is 0 Å². The molecule has 0 saturated carbocycles. The molecule has 1 fully saturated rings. The first-order valence-electron chi connectivity index (χ1n) is 6.54. The van der Waals surface area contributed by atoms with Gasteiger partial charge in [-0.15, -0.1) is 0 Å². The van der Waals surface area contributed by atoms with Gasteiger partial charge in [-0.2, -0.15) is 0 Å². The van der Waals surface area contributed by atoms with Crippen LogP contribution in [0.3, 0.4) is 0 Å². The molecule has 6 heteroatoms. The third-order valence-electron chi connectivity index (χ3n) is 3.44. The fraction of sp³-hybridized carbons (Fsp3) is 0.429. The van der Waals surface area contributed by atoms with Gasteiger partial charge >= 0.3 is 0 Å². The largest absolute Gasteiger partial charge is 0.350 e. The Morgan fingerprint density at radius 1 is 1.45 bits per heavy atom. The molecule has 1 aliphatic rings. The summed E-state index contributed by atoms with van der Waals surface area (Å²) < 4.78 is 0. The van der Waals surface area contributed by atoms with Crippen LogP contribution in [0.2, 0.25) is 10.0 Å². The molecule has 2 amide bonds. The summed E-state index contributed by atoms with van der Waals surface area (Å²) in [7, 11) is 0. The molecule has 1 aromatic carbocycles. The maximum absolute atomic E-state index is 12.1. The summed E-state index contributed by atoms with van der Waals surface area (Å²) in [5, 5.41) is 3.91. The molecule has 4 nitrogen and oxygen atoms in total. The number of rotatable bonds is 4. The van der Waals surface area contributed by atoms with Crippen LogP contribution in [-0.4, -0.2) is 29.3 Å². The number of hydrogen-bond donors (Lipinski definition) is 1. The number of halogens is 2. The molecule has 0 bridgehead atoms. The van der Waals surface area contributed by atoms with E-state index < -0.39 is 0 Å². The fourth-order valence-electron chi connectivity index (χ4n) is 2.37. The molecule has 1 aromatic rings. The van der Waals surface area contributed by atoms with E-state index in [1.54, 1.807) is 23.1 Å². The van der Waals surface area contributed by atoms with Crippen molar-refractivity contribution in [2.24, 2.45) is 0 Å². The molecule has 0 spiro atoms. The number of nitrogens with zero attached hydrogens (tertiary/aromatic N) is 1. The molecule has 108 valence electrons. The van der Waals surface area contributed by atoms with Gasteiger partial charge in [-0.3, -0.25) is 9.59 Å². The van der Waals surface area contributed by atoms with E-state index in [0.717, 1.165) is 5.56 Å². The molecule has 1 aliphatic heterocycles. The smallest absolute Gasteiger partial charge is 0.243 e. The standard InChI is InChI=1S/C14H16Cl2N2O2/c1-2-18-12(5-6-13(18)19)14(20)17-8-9-3-4-10(15)7-11(9)16/h3-4,7,12H,2,5-6,8H2,1H3,(H,17,20)/t12-/m0/s1. The maximum Gasteiger partial charge on any atom is 0.243 e. The van der Waals surface area contributed by atoms with Gasteiger partial charge in [-0.25, -0.2) is 0 Å². The van der Waals surface area contributed by atoms with Gasteiger partial charge in [-0.05, 0) is 31.0 Å². The highest BCUT2D eigenvalue weighted by molar-refractivity contribution is 6.35. The SMILES string of the molecule is CCN1C(=O)CC[C@H]1C(=O)NCc1ccc(Cl)cc1Cl. The summed E-state index contributed by atoms with van der Waals surface area (Å²) in [4.78, 5) is 25.3. The van der Waals surface area contributed by atoms with Crippen LogP contribution >= 0.6 is 23.2 Å². The van der Waals surface area contributed by atoms with Crippen LogP contribution in [0, 0.1) is 0 Å². The zero-order valence-corrected chi connectivity index (χ0v) is 12.7. The molecular formula is C14H16Cl2N2O2. The van der Waals surface area contributed by atoms with E-state index in [1.165, 1.54) is 0 Å². The second-order valence-electron chi connectivity index (χ2n) is 4.69. The average molecular weight is 315 g/mol. The van der Waals surface area contributed by atoms with E-state index in [1.807, 2.05) is 6.92 Å². The van der Waals surface area contributed by atoms with Crippen LogP contribution in [0.1, 0.15) is 25.3 Å². The van der Waals surface area contributed by atoms with Crippen LogP contribution in [-0.2, 0) is 16.1 Å². The van der Waals surface area contributed by atoms with Crippen molar-refractivity contribution >= 4 is 35.0 Å². The van der Waals surface area contributed by atoms with Crippen LogP contribution < -0.4 is 5.32 Å². The van der Waals surface area contributed by atoms with Gasteiger partial charge in [0.25, 0.3) is 0 Å². The molecule has 1 saturated heterocycles. The Hall–Kier alpha value is -1.26. The van der Waals surface area contributed by atoms with Crippen molar-refractivity contribution in [2.45, 2.75) is 32.4 Å². The van der Waals surface area contributed by atoms with Crippen molar-refractivity contribution in [1.82, 2.24) is 10.2 Å². The van der Waals surface area contributed by atoms with Crippen molar-refractivity contribution in [1.29, 1.82) is 0 Å². The molecule has 0 aromatic heterocycles. The number of carbonyl (C=O) groups excluding carboxylic acids is 2. The van der Waals surface area contributed by atoms with E-state index in [9.17, 15) is 9.59 Å².